The van der Waals surface area contributed by atoms with Crippen molar-refractivity contribution < 1.29 is 19.1 Å². The van der Waals surface area contributed by atoms with E-state index in [-0.39, 0.29) is 64.0 Å². The van der Waals surface area contributed by atoms with E-state index in [9.17, 15) is 19.2 Å². The van der Waals surface area contributed by atoms with E-state index in [1.807, 2.05) is 36.4 Å². The summed E-state index contributed by atoms with van der Waals surface area (Å²) in [6, 6.07) is 21.7. The van der Waals surface area contributed by atoms with E-state index in [0.29, 0.717) is 22.1 Å². The van der Waals surface area contributed by atoms with Crippen LogP contribution in [0, 0.1) is 29.6 Å². The number of thioether (sulfide) groups is 1. The van der Waals surface area contributed by atoms with E-state index >= 15 is 0 Å². The molecule has 0 spiro atoms. The monoisotopic (exact) mass is 721 g/mol. The van der Waals surface area contributed by atoms with Crippen LogP contribution in [0.5, 0.6) is 5.75 Å². The fourth-order valence-corrected chi connectivity index (χ4v) is 11.3. The summed E-state index contributed by atoms with van der Waals surface area (Å²) in [6.45, 7) is -0.223. The molecule has 1 saturated heterocycles. The highest BCUT2D eigenvalue weighted by atomic mass is 79.9. The molecular formula is C33H25BrClN3O5S2. The largest absolute Gasteiger partial charge is 0.483 e. The molecule has 4 aliphatic rings. The lowest BCUT2D eigenvalue weighted by Crippen LogP contribution is -2.42. The molecule has 3 heterocycles. The number of hydrogen-bond acceptors (Lipinski definition) is 7. The molecule has 2 saturated carbocycles. The number of para-hydroxylation sites is 1. The second-order valence-corrected chi connectivity index (χ2v) is 15.4. The van der Waals surface area contributed by atoms with Gasteiger partial charge in [-0.3, -0.25) is 24.1 Å². The zero-order valence-electron chi connectivity index (χ0n) is 23.4. The van der Waals surface area contributed by atoms with Crippen LogP contribution in [0.1, 0.15) is 22.8 Å². The number of rotatable bonds is 6. The quantitative estimate of drug-likeness (QED) is 0.219. The van der Waals surface area contributed by atoms with Crippen LogP contribution in [0.3, 0.4) is 0 Å². The summed E-state index contributed by atoms with van der Waals surface area (Å²) < 4.78 is 7.01. The molecule has 0 radical (unpaired) electrons. The van der Waals surface area contributed by atoms with Gasteiger partial charge in [-0.25, -0.2) is 0 Å². The summed E-state index contributed by atoms with van der Waals surface area (Å²) in [5, 5.41) is 4.24. The Balaban J connectivity index is 1.14. The third-order valence-corrected chi connectivity index (χ3v) is 12.9. The van der Waals surface area contributed by atoms with Crippen LogP contribution in [0.15, 0.2) is 87.1 Å². The molecular weight excluding hydrogens is 698 g/mol. The molecule has 2 N–H and O–H groups in total. The molecule has 0 unspecified atom stereocenters. The first-order chi connectivity index (χ1) is 21.8. The second kappa shape index (κ2) is 11.2. The van der Waals surface area contributed by atoms with Gasteiger partial charge >= 0.3 is 4.87 Å². The molecule has 3 aromatic carbocycles. The van der Waals surface area contributed by atoms with Gasteiger partial charge in [-0.1, -0.05) is 57.1 Å². The number of carbonyl (C=O) groups excluding carboxylic acids is 3. The maximum absolute atomic E-state index is 14.0. The number of aromatic nitrogens is 1. The number of ether oxygens (including phenoxy) is 1. The van der Waals surface area contributed by atoms with Crippen molar-refractivity contribution in [3.05, 3.63) is 102 Å². The molecule has 4 aromatic rings. The van der Waals surface area contributed by atoms with Crippen molar-refractivity contribution in [2.45, 2.75) is 22.6 Å². The highest BCUT2D eigenvalue weighted by Crippen LogP contribution is 2.69. The molecule has 3 amide bonds. The Hall–Kier alpha value is -3.38. The Bertz CT molecular complexity index is 1920. The first-order valence-electron chi connectivity index (χ1n) is 14.6. The zero-order chi connectivity index (χ0) is 31.0. The molecule has 1 aromatic heterocycles. The van der Waals surface area contributed by atoms with Gasteiger partial charge in [0.25, 0.3) is 5.91 Å². The number of anilines is 2. The Labute approximate surface area is 279 Å². The average molecular weight is 723 g/mol. The van der Waals surface area contributed by atoms with Crippen molar-refractivity contribution in [3.8, 4) is 5.75 Å². The van der Waals surface area contributed by atoms with Crippen molar-refractivity contribution in [2.24, 2.45) is 29.6 Å². The van der Waals surface area contributed by atoms with Crippen LogP contribution in [0.4, 0.5) is 11.4 Å². The van der Waals surface area contributed by atoms with Crippen LogP contribution < -0.4 is 19.8 Å². The van der Waals surface area contributed by atoms with Gasteiger partial charge in [0.15, 0.2) is 6.61 Å². The fourth-order valence-electron chi connectivity index (χ4n) is 7.96. The fraction of sp³-hybridized carbons (Fsp3) is 0.273. The lowest BCUT2D eigenvalue weighted by molar-refractivity contribution is -0.123. The minimum Gasteiger partial charge on any atom is -0.483 e. The predicted molar refractivity (Wildman–Crippen MR) is 177 cm³/mol. The molecule has 12 heteroatoms. The van der Waals surface area contributed by atoms with Crippen molar-refractivity contribution in [3.63, 3.8) is 0 Å². The summed E-state index contributed by atoms with van der Waals surface area (Å²) in [7, 11) is 0. The molecule has 45 heavy (non-hydrogen) atoms. The third kappa shape index (κ3) is 4.78. The number of thiazole rings is 1. The number of hydrogen-bond donors (Lipinski definition) is 2. The molecule has 228 valence electrons. The van der Waals surface area contributed by atoms with Crippen LogP contribution in [0.2, 0.25) is 5.02 Å². The molecule has 2 aliphatic heterocycles. The number of halogens is 2. The molecule has 8 rings (SSSR count). The molecule has 3 fully saturated rings. The summed E-state index contributed by atoms with van der Waals surface area (Å²) in [4.78, 5) is 58.6. The molecule has 7 atom stereocenters. The smallest absolute Gasteiger partial charge is 0.305 e. The van der Waals surface area contributed by atoms with Gasteiger partial charge in [-0.2, -0.15) is 0 Å². The number of fused-ring (bicyclic) bond motifs is 9. The number of H-pyrrole nitrogens is 1. The average Bonchev–Trinajstić information content (AvgIpc) is 3.77. The van der Waals surface area contributed by atoms with Crippen LogP contribution in [0.25, 0.3) is 0 Å². The van der Waals surface area contributed by atoms with Crippen LogP contribution in [-0.4, -0.2) is 34.6 Å². The van der Waals surface area contributed by atoms with Crippen LogP contribution in [-0.2, 0) is 14.4 Å². The Morgan fingerprint density at radius 3 is 2.49 bits per heavy atom. The van der Waals surface area contributed by atoms with E-state index in [1.165, 1.54) is 16.2 Å². The first-order valence-corrected chi connectivity index (χ1v) is 17.5. The van der Waals surface area contributed by atoms with Crippen LogP contribution >= 0.6 is 50.6 Å². The van der Waals surface area contributed by atoms with Gasteiger partial charge in [0.1, 0.15) is 5.75 Å². The SMILES string of the molecule is O=C(COc1ccc(Br)cc1[C@@H]1c2sc(=O)[nH]c2S[C@@H]2[C@@H]3C[C@@H]([C@@H]4C(=O)N(c5ccccc5)C(=O)[C@@H]34)[C@H]12)Nc1ccc(Cl)cc1. The van der Waals surface area contributed by atoms with Crippen molar-refractivity contribution >= 4 is 79.7 Å². The van der Waals surface area contributed by atoms with Crippen molar-refractivity contribution in [2.75, 3.05) is 16.8 Å². The second-order valence-electron chi connectivity index (χ2n) is 11.8. The number of imide groups is 1. The zero-order valence-corrected chi connectivity index (χ0v) is 27.4. The summed E-state index contributed by atoms with van der Waals surface area (Å²) in [5.41, 5.74) is 2.06. The number of carbonyl (C=O) groups is 3. The minimum atomic E-state index is -0.411. The first kappa shape index (κ1) is 29.1. The Morgan fingerprint density at radius 2 is 1.73 bits per heavy atom. The summed E-state index contributed by atoms with van der Waals surface area (Å²) in [5.74, 6) is -1.15. The molecule has 2 aliphatic carbocycles. The Kier molecular flexibility index (Phi) is 7.20. The van der Waals surface area contributed by atoms with E-state index in [1.54, 1.807) is 48.2 Å². The number of nitrogens with one attached hydrogen (secondary N) is 2. The third-order valence-electron chi connectivity index (χ3n) is 9.53. The molecule has 2 bridgehead atoms. The van der Waals surface area contributed by atoms with Gasteiger partial charge in [-0.15, -0.1) is 11.8 Å². The topological polar surface area (TPSA) is 109 Å². The lowest BCUT2D eigenvalue weighted by atomic mass is 9.68. The van der Waals surface area contributed by atoms with E-state index in [0.717, 1.165) is 26.4 Å². The van der Waals surface area contributed by atoms with Gasteiger partial charge in [0.05, 0.1) is 22.5 Å². The number of benzene rings is 3. The van der Waals surface area contributed by atoms with E-state index in [2.05, 4.69) is 26.2 Å². The maximum Gasteiger partial charge on any atom is 0.305 e. The van der Waals surface area contributed by atoms with Gasteiger partial charge in [-0.05, 0) is 78.8 Å². The summed E-state index contributed by atoms with van der Waals surface area (Å²) in [6.07, 6.45) is 0.779. The summed E-state index contributed by atoms with van der Waals surface area (Å²) >= 11 is 12.4. The number of amides is 3. The molecule has 8 nitrogen and oxygen atoms in total. The maximum atomic E-state index is 14.0. The predicted octanol–water partition coefficient (Wildman–Crippen LogP) is 6.55. The normalized spacial score (nSPS) is 27.7. The van der Waals surface area contributed by atoms with Gasteiger partial charge in [0, 0.05) is 36.8 Å². The number of aromatic amines is 1. The minimum absolute atomic E-state index is 0.000823. The number of nitrogens with zero attached hydrogens (tertiary/aromatic N) is 1. The van der Waals surface area contributed by atoms with Gasteiger partial charge in [0.2, 0.25) is 11.8 Å². The lowest BCUT2D eigenvalue weighted by Gasteiger charge is -2.43. The van der Waals surface area contributed by atoms with E-state index < -0.39 is 5.92 Å². The Morgan fingerprint density at radius 1 is 1.00 bits per heavy atom. The van der Waals surface area contributed by atoms with Crippen molar-refractivity contribution in [1.29, 1.82) is 0 Å². The highest BCUT2D eigenvalue weighted by Gasteiger charge is 2.69. The highest BCUT2D eigenvalue weighted by molar-refractivity contribution is 9.10. The standard InChI is InChI=1S/C33H25BrClN3O5S2/c34-15-6-11-22(43-14-23(39)36-17-9-7-16(35)8-10-17)19(12-15)24-25-20-13-21(28(25)44-30-29(24)45-33(42)37-30)27-26(20)31(40)38(32(27)41)18-4-2-1-3-5-18/h1-12,20-21,24-28H,13-14H2,(H,36,39)(H,37,42)/t20-,21-,24+,25-,26+,27+,28-/m1/s1. The van der Waals surface area contributed by atoms with Crippen molar-refractivity contribution in [1.82, 2.24) is 4.98 Å². The van der Waals surface area contributed by atoms with Gasteiger partial charge < -0.3 is 15.0 Å². The van der Waals surface area contributed by atoms with E-state index in [4.69, 9.17) is 16.3 Å².